The Morgan fingerprint density at radius 3 is 2.83 bits per heavy atom. The maximum atomic E-state index is 14.3. The lowest BCUT2D eigenvalue weighted by atomic mass is 9.93. The molecule has 1 aliphatic heterocycles. The maximum Gasteiger partial charge on any atom is 0.223 e. The van der Waals surface area contributed by atoms with E-state index in [1.165, 1.54) is 6.07 Å². The van der Waals surface area contributed by atoms with Crippen molar-refractivity contribution in [1.29, 1.82) is 0 Å². The highest BCUT2D eigenvalue weighted by Crippen LogP contribution is 2.42. The molecule has 6 heteroatoms. The van der Waals surface area contributed by atoms with Crippen LogP contribution in [0.15, 0.2) is 59.0 Å². The van der Waals surface area contributed by atoms with Crippen LogP contribution in [0.25, 0.3) is 21.9 Å². The van der Waals surface area contributed by atoms with Crippen molar-refractivity contribution in [2.75, 3.05) is 13.7 Å². The van der Waals surface area contributed by atoms with Crippen LogP contribution in [-0.4, -0.2) is 24.5 Å². The predicted octanol–water partition coefficient (Wildman–Crippen LogP) is 5.85. The molecule has 152 valence electrons. The van der Waals surface area contributed by atoms with Crippen molar-refractivity contribution in [2.45, 2.75) is 18.9 Å². The summed E-state index contributed by atoms with van der Waals surface area (Å²) in [5.74, 6) is 0.450. The summed E-state index contributed by atoms with van der Waals surface area (Å²) in [5, 5.41) is 2.00. The van der Waals surface area contributed by atoms with Gasteiger partial charge in [0.05, 0.1) is 7.11 Å². The molecule has 1 saturated heterocycles. The number of furan rings is 1. The molecule has 0 bridgehead atoms. The number of carbonyl (C=O) groups excluding carboxylic acids is 1. The van der Waals surface area contributed by atoms with E-state index >= 15 is 0 Å². The lowest BCUT2D eigenvalue weighted by Crippen LogP contribution is -2.25. The van der Waals surface area contributed by atoms with Crippen molar-refractivity contribution < 1.29 is 18.3 Å². The van der Waals surface area contributed by atoms with Gasteiger partial charge in [0.1, 0.15) is 11.4 Å². The molecule has 1 aliphatic rings. The molecule has 1 aromatic heterocycles. The van der Waals surface area contributed by atoms with Crippen LogP contribution >= 0.6 is 22.6 Å². The smallest absolute Gasteiger partial charge is 0.223 e. The number of methoxy groups -OCH3 is 1. The number of amides is 1. The molecule has 0 radical (unpaired) electrons. The summed E-state index contributed by atoms with van der Waals surface area (Å²) in [6.45, 7) is 0.828. The molecule has 5 rings (SSSR count). The van der Waals surface area contributed by atoms with Gasteiger partial charge in [-0.3, -0.25) is 4.79 Å². The van der Waals surface area contributed by atoms with Crippen molar-refractivity contribution in [2.24, 2.45) is 0 Å². The summed E-state index contributed by atoms with van der Waals surface area (Å²) < 4.78 is 26.7. The zero-order valence-corrected chi connectivity index (χ0v) is 18.5. The molecule has 2 heterocycles. The molecule has 1 unspecified atom stereocenters. The molecule has 3 aromatic carbocycles. The third-order valence-corrected chi connectivity index (χ3v) is 6.44. The van der Waals surface area contributed by atoms with Crippen LogP contribution in [0.5, 0.6) is 5.75 Å². The molecule has 0 aliphatic carbocycles. The van der Waals surface area contributed by atoms with Crippen LogP contribution in [0.1, 0.15) is 23.5 Å². The van der Waals surface area contributed by atoms with E-state index in [9.17, 15) is 9.18 Å². The third-order valence-electron chi connectivity index (χ3n) is 5.77. The lowest BCUT2D eigenvalue weighted by Gasteiger charge is -2.18. The summed E-state index contributed by atoms with van der Waals surface area (Å²) in [6.07, 6.45) is 0.396. The van der Waals surface area contributed by atoms with Gasteiger partial charge in [0.2, 0.25) is 5.91 Å². The number of hydrogen-bond acceptors (Lipinski definition) is 3. The molecular formula is C24H19FINO3. The second-order valence-corrected chi connectivity index (χ2v) is 8.82. The Hall–Kier alpha value is -2.61. The number of nitrogens with zero attached hydrogens (tertiary/aromatic N) is 1. The summed E-state index contributed by atoms with van der Waals surface area (Å²) in [7, 11) is 1.62. The summed E-state index contributed by atoms with van der Waals surface area (Å²) in [5.41, 5.74) is 3.10. The van der Waals surface area contributed by atoms with E-state index in [0.717, 1.165) is 25.5 Å². The van der Waals surface area contributed by atoms with Gasteiger partial charge in [0, 0.05) is 45.3 Å². The first-order valence-corrected chi connectivity index (χ1v) is 10.8. The number of benzene rings is 3. The SMILES string of the molecule is COc1ccc(C2CC(=O)N(Cc3ccc(I)cc3F)C2)c2c1oc1ccccc12. The van der Waals surface area contributed by atoms with Crippen molar-refractivity contribution in [3.63, 3.8) is 0 Å². The van der Waals surface area contributed by atoms with E-state index in [1.54, 1.807) is 18.1 Å². The minimum Gasteiger partial charge on any atom is -0.493 e. The van der Waals surface area contributed by atoms with Gasteiger partial charge in [0.15, 0.2) is 11.3 Å². The average molecular weight is 515 g/mol. The van der Waals surface area contributed by atoms with E-state index in [0.29, 0.717) is 29.9 Å². The number of para-hydroxylation sites is 1. The normalized spacial score (nSPS) is 16.7. The fourth-order valence-corrected chi connectivity index (χ4v) is 4.77. The summed E-state index contributed by atoms with van der Waals surface area (Å²) >= 11 is 2.08. The van der Waals surface area contributed by atoms with E-state index in [2.05, 4.69) is 22.6 Å². The van der Waals surface area contributed by atoms with Gasteiger partial charge >= 0.3 is 0 Å². The van der Waals surface area contributed by atoms with E-state index in [4.69, 9.17) is 9.15 Å². The third kappa shape index (κ3) is 3.23. The molecule has 0 spiro atoms. The highest BCUT2D eigenvalue weighted by atomic mass is 127. The fourth-order valence-electron chi connectivity index (χ4n) is 4.32. The Balaban J connectivity index is 1.52. The van der Waals surface area contributed by atoms with Crippen molar-refractivity contribution in [3.8, 4) is 5.75 Å². The molecule has 1 fully saturated rings. The van der Waals surface area contributed by atoms with E-state index in [1.807, 2.05) is 42.5 Å². The predicted molar refractivity (Wildman–Crippen MR) is 122 cm³/mol. The van der Waals surface area contributed by atoms with Crippen LogP contribution in [-0.2, 0) is 11.3 Å². The van der Waals surface area contributed by atoms with Gasteiger partial charge in [-0.2, -0.15) is 0 Å². The number of rotatable bonds is 4. The van der Waals surface area contributed by atoms with Gasteiger partial charge in [-0.1, -0.05) is 30.3 Å². The van der Waals surface area contributed by atoms with Crippen LogP contribution in [0.2, 0.25) is 0 Å². The van der Waals surface area contributed by atoms with Gasteiger partial charge in [-0.05, 0) is 52.4 Å². The lowest BCUT2D eigenvalue weighted by molar-refractivity contribution is -0.128. The van der Waals surface area contributed by atoms with Crippen molar-refractivity contribution in [3.05, 3.63) is 75.1 Å². The maximum absolute atomic E-state index is 14.3. The molecule has 4 nitrogen and oxygen atoms in total. The van der Waals surface area contributed by atoms with Crippen LogP contribution in [0, 0.1) is 9.39 Å². The number of halogens is 2. The molecule has 0 N–H and O–H groups in total. The largest absolute Gasteiger partial charge is 0.493 e. The van der Waals surface area contributed by atoms with Gasteiger partial charge < -0.3 is 14.1 Å². The van der Waals surface area contributed by atoms with Crippen LogP contribution < -0.4 is 4.74 Å². The highest BCUT2D eigenvalue weighted by Gasteiger charge is 2.33. The number of carbonyl (C=O) groups is 1. The monoisotopic (exact) mass is 515 g/mol. The minimum atomic E-state index is -0.272. The fraction of sp³-hybridized carbons (Fsp3) is 0.208. The first-order valence-electron chi connectivity index (χ1n) is 9.75. The Morgan fingerprint density at radius 1 is 1.20 bits per heavy atom. The van der Waals surface area contributed by atoms with Gasteiger partial charge in [0.25, 0.3) is 0 Å². The summed E-state index contributed by atoms with van der Waals surface area (Å²) in [4.78, 5) is 14.5. The second-order valence-electron chi connectivity index (χ2n) is 7.57. The molecule has 4 aromatic rings. The Morgan fingerprint density at radius 2 is 2.03 bits per heavy atom. The molecular weight excluding hydrogens is 496 g/mol. The van der Waals surface area contributed by atoms with E-state index in [-0.39, 0.29) is 24.2 Å². The highest BCUT2D eigenvalue weighted by molar-refractivity contribution is 14.1. The first kappa shape index (κ1) is 19.4. The summed E-state index contributed by atoms with van der Waals surface area (Å²) in [6, 6.07) is 16.9. The van der Waals surface area contributed by atoms with Crippen LogP contribution in [0.4, 0.5) is 4.39 Å². The molecule has 1 amide bonds. The number of hydrogen-bond donors (Lipinski definition) is 0. The molecule has 1 atom stereocenters. The molecule has 30 heavy (non-hydrogen) atoms. The Bertz CT molecular complexity index is 1280. The number of ether oxygens (including phenoxy) is 1. The zero-order chi connectivity index (χ0) is 20.8. The van der Waals surface area contributed by atoms with Crippen molar-refractivity contribution in [1.82, 2.24) is 4.90 Å². The van der Waals surface area contributed by atoms with Crippen LogP contribution in [0.3, 0.4) is 0 Å². The molecule has 0 saturated carbocycles. The number of fused-ring (bicyclic) bond motifs is 3. The minimum absolute atomic E-state index is 0.0128. The zero-order valence-electron chi connectivity index (χ0n) is 16.3. The second kappa shape index (κ2) is 7.58. The topological polar surface area (TPSA) is 42.7 Å². The first-order chi connectivity index (χ1) is 14.5. The quantitative estimate of drug-likeness (QED) is 0.320. The average Bonchev–Trinajstić information content (AvgIpc) is 3.30. The Labute approximate surface area is 186 Å². The van der Waals surface area contributed by atoms with E-state index < -0.39 is 0 Å². The standard InChI is InChI=1S/C24H19FINO3/c1-29-21-9-8-17(23-18-4-2-3-5-20(18)30-24(21)23)15-10-22(28)27(13-15)12-14-6-7-16(26)11-19(14)25/h2-9,11,15H,10,12-13H2,1H3. The van der Waals surface area contributed by atoms with Crippen molar-refractivity contribution >= 4 is 50.4 Å². The number of likely N-dealkylation sites (tertiary alicyclic amines) is 1. The van der Waals surface area contributed by atoms with Gasteiger partial charge in [-0.25, -0.2) is 4.39 Å². The Kier molecular flexibility index (Phi) is 4.89. The van der Waals surface area contributed by atoms with Gasteiger partial charge in [-0.15, -0.1) is 0 Å².